The lowest BCUT2D eigenvalue weighted by molar-refractivity contribution is 0.406. The SMILES string of the molecule is CCN(Cc1ccc(OC)cc1O)c1cccc(F)c1. The van der Waals surface area contributed by atoms with Crippen LogP contribution in [0.2, 0.25) is 0 Å². The second-order valence-electron chi connectivity index (χ2n) is 4.49. The van der Waals surface area contributed by atoms with Gasteiger partial charge in [-0.1, -0.05) is 6.07 Å². The first kappa shape index (κ1) is 14.2. The van der Waals surface area contributed by atoms with Gasteiger partial charge in [-0.25, -0.2) is 4.39 Å². The summed E-state index contributed by atoms with van der Waals surface area (Å²) in [5.74, 6) is 0.527. The highest BCUT2D eigenvalue weighted by Crippen LogP contribution is 2.26. The molecular weight excluding hydrogens is 257 g/mol. The number of halogens is 1. The first-order valence-electron chi connectivity index (χ1n) is 6.50. The van der Waals surface area contributed by atoms with E-state index in [2.05, 4.69) is 0 Å². The monoisotopic (exact) mass is 275 g/mol. The average molecular weight is 275 g/mol. The van der Waals surface area contributed by atoms with E-state index in [0.29, 0.717) is 12.3 Å². The number of phenols is 1. The fraction of sp³-hybridized carbons (Fsp3) is 0.250. The third kappa shape index (κ3) is 3.20. The molecule has 2 rings (SSSR count). The maximum Gasteiger partial charge on any atom is 0.125 e. The number of phenolic OH excluding ortho intramolecular Hbond substituents is 1. The molecule has 1 N–H and O–H groups in total. The summed E-state index contributed by atoms with van der Waals surface area (Å²) in [4.78, 5) is 1.99. The Labute approximate surface area is 118 Å². The largest absolute Gasteiger partial charge is 0.507 e. The predicted octanol–water partition coefficient (Wildman–Crippen LogP) is 3.57. The second-order valence-corrected chi connectivity index (χ2v) is 4.49. The lowest BCUT2D eigenvalue weighted by Gasteiger charge is -2.23. The van der Waals surface area contributed by atoms with Crippen LogP contribution in [-0.2, 0) is 6.54 Å². The molecule has 0 spiro atoms. The van der Waals surface area contributed by atoms with Gasteiger partial charge in [0.1, 0.15) is 17.3 Å². The number of hydrogen-bond acceptors (Lipinski definition) is 3. The smallest absolute Gasteiger partial charge is 0.125 e. The summed E-state index contributed by atoms with van der Waals surface area (Å²) >= 11 is 0. The van der Waals surface area contributed by atoms with E-state index in [4.69, 9.17) is 4.74 Å². The van der Waals surface area contributed by atoms with E-state index in [1.54, 1.807) is 25.3 Å². The summed E-state index contributed by atoms with van der Waals surface area (Å²) in [5.41, 5.74) is 1.57. The van der Waals surface area contributed by atoms with Crippen molar-refractivity contribution >= 4 is 5.69 Å². The van der Waals surface area contributed by atoms with Gasteiger partial charge < -0.3 is 14.7 Å². The van der Waals surface area contributed by atoms with Gasteiger partial charge in [-0.15, -0.1) is 0 Å². The van der Waals surface area contributed by atoms with Crippen LogP contribution in [0.5, 0.6) is 11.5 Å². The van der Waals surface area contributed by atoms with E-state index in [1.807, 2.05) is 24.0 Å². The minimum atomic E-state index is -0.264. The van der Waals surface area contributed by atoms with E-state index in [0.717, 1.165) is 17.8 Å². The second kappa shape index (κ2) is 6.28. The fourth-order valence-corrected chi connectivity index (χ4v) is 2.07. The molecule has 0 unspecified atom stereocenters. The molecule has 2 aromatic rings. The first-order valence-corrected chi connectivity index (χ1v) is 6.50. The van der Waals surface area contributed by atoms with Gasteiger partial charge in [0.05, 0.1) is 7.11 Å². The van der Waals surface area contributed by atoms with Crippen molar-refractivity contribution in [1.82, 2.24) is 0 Å². The molecule has 0 fully saturated rings. The van der Waals surface area contributed by atoms with Gasteiger partial charge in [-0.2, -0.15) is 0 Å². The topological polar surface area (TPSA) is 32.7 Å². The molecule has 0 atom stereocenters. The van der Waals surface area contributed by atoms with Gasteiger partial charge in [0, 0.05) is 30.4 Å². The minimum absolute atomic E-state index is 0.180. The lowest BCUT2D eigenvalue weighted by Crippen LogP contribution is -2.22. The van der Waals surface area contributed by atoms with Crippen LogP contribution in [0.1, 0.15) is 12.5 Å². The molecule has 4 heteroatoms. The van der Waals surface area contributed by atoms with Crippen LogP contribution in [0.4, 0.5) is 10.1 Å². The summed E-state index contributed by atoms with van der Waals surface area (Å²) in [6.07, 6.45) is 0. The van der Waals surface area contributed by atoms with Crippen molar-refractivity contribution in [2.24, 2.45) is 0 Å². The zero-order valence-corrected chi connectivity index (χ0v) is 11.6. The standard InChI is InChI=1S/C16H18FNO2/c1-3-18(14-6-4-5-13(17)9-14)11-12-7-8-15(20-2)10-16(12)19/h4-10,19H,3,11H2,1-2H3. The number of ether oxygens (including phenoxy) is 1. The molecule has 0 saturated carbocycles. The van der Waals surface area contributed by atoms with Crippen molar-refractivity contribution in [2.75, 3.05) is 18.6 Å². The van der Waals surface area contributed by atoms with Crippen LogP contribution in [-0.4, -0.2) is 18.8 Å². The Kier molecular flexibility index (Phi) is 4.45. The normalized spacial score (nSPS) is 10.3. The van der Waals surface area contributed by atoms with Crippen molar-refractivity contribution in [3.05, 3.63) is 53.8 Å². The van der Waals surface area contributed by atoms with Crippen molar-refractivity contribution in [2.45, 2.75) is 13.5 Å². The fourth-order valence-electron chi connectivity index (χ4n) is 2.07. The number of aromatic hydroxyl groups is 1. The number of hydrogen-bond donors (Lipinski definition) is 1. The Hall–Kier alpha value is -2.23. The number of anilines is 1. The zero-order valence-electron chi connectivity index (χ0n) is 11.6. The Balaban J connectivity index is 2.22. The van der Waals surface area contributed by atoms with Gasteiger partial charge in [0.2, 0.25) is 0 Å². The molecule has 3 nitrogen and oxygen atoms in total. The third-order valence-electron chi connectivity index (χ3n) is 3.21. The molecule has 0 amide bonds. The number of nitrogens with zero attached hydrogens (tertiary/aromatic N) is 1. The van der Waals surface area contributed by atoms with Crippen molar-refractivity contribution in [3.63, 3.8) is 0 Å². The minimum Gasteiger partial charge on any atom is -0.507 e. The van der Waals surface area contributed by atoms with Crippen LogP contribution in [0.25, 0.3) is 0 Å². The Morgan fingerprint density at radius 2 is 2.00 bits per heavy atom. The van der Waals surface area contributed by atoms with E-state index < -0.39 is 0 Å². The van der Waals surface area contributed by atoms with Gasteiger partial charge in [0.15, 0.2) is 0 Å². The summed E-state index contributed by atoms with van der Waals surface area (Å²) in [6.45, 7) is 3.22. The molecule has 0 aliphatic heterocycles. The van der Waals surface area contributed by atoms with Crippen LogP contribution in [0, 0.1) is 5.82 Å². The van der Waals surface area contributed by atoms with Crippen molar-refractivity contribution < 1.29 is 14.2 Å². The number of methoxy groups -OCH3 is 1. The van der Waals surface area contributed by atoms with Crippen molar-refractivity contribution in [3.8, 4) is 11.5 Å². The van der Waals surface area contributed by atoms with Crippen molar-refractivity contribution in [1.29, 1.82) is 0 Å². The molecule has 0 aliphatic rings. The number of benzene rings is 2. The molecule has 2 aromatic carbocycles. The van der Waals surface area contributed by atoms with Crippen LogP contribution >= 0.6 is 0 Å². The predicted molar refractivity (Wildman–Crippen MR) is 77.8 cm³/mol. The Morgan fingerprint density at radius 1 is 1.20 bits per heavy atom. The molecular formula is C16H18FNO2. The Morgan fingerprint density at radius 3 is 2.60 bits per heavy atom. The molecule has 20 heavy (non-hydrogen) atoms. The highest BCUT2D eigenvalue weighted by Gasteiger charge is 2.10. The number of rotatable bonds is 5. The summed E-state index contributed by atoms with van der Waals surface area (Å²) < 4.78 is 18.3. The van der Waals surface area contributed by atoms with Crippen LogP contribution in [0.15, 0.2) is 42.5 Å². The Bertz CT molecular complexity index is 586. The molecule has 0 radical (unpaired) electrons. The molecule has 0 saturated heterocycles. The first-order chi connectivity index (χ1) is 9.63. The van der Waals surface area contributed by atoms with E-state index in [-0.39, 0.29) is 11.6 Å². The maximum absolute atomic E-state index is 13.3. The summed E-state index contributed by atoms with van der Waals surface area (Å²) in [5, 5.41) is 9.99. The summed E-state index contributed by atoms with van der Waals surface area (Å²) in [6, 6.07) is 11.6. The van der Waals surface area contributed by atoms with Gasteiger partial charge in [0.25, 0.3) is 0 Å². The quantitative estimate of drug-likeness (QED) is 0.905. The zero-order chi connectivity index (χ0) is 14.5. The summed E-state index contributed by atoms with van der Waals surface area (Å²) in [7, 11) is 1.56. The third-order valence-corrected chi connectivity index (χ3v) is 3.21. The molecule has 0 aromatic heterocycles. The lowest BCUT2D eigenvalue weighted by atomic mass is 10.1. The maximum atomic E-state index is 13.3. The molecule has 0 aliphatic carbocycles. The molecule has 106 valence electrons. The van der Waals surface area contributed by atoms with Gasteiger partial charge in [-0.3, -0.25) is 0 Å². The van der Waals surface area contributed by atoms with Crippen LogP contribution < -0.4 is 9.64 Å². The van der Waals surface area contributed by atoms with Gasteiger partial charge >= 0.3 is 0 Å². The molecule has 0 bridgehead atoms. The van der Waals surface area contributed by atoms with E-state index >= 15 is 0 Å². The van der Waals surface area contributed by atoms with Gasteiger partial charge in [-0.05, 0) is 37.3 Å². The van der Waals surface area contributed by atoms with Crippen LogP contribution in [0.3, 0.4) is 0 Å². The molecule has 0 heterocycles. The van der Waals surface area contributed by atoms with E-state index in [1.165, 1.54) is 12.1 Å². The average Bonchev–Trinajstić information content (AvgIpc) is 2.46. The van der Waals surface area contributed by atoms with E-state index in [9.17, 15) is 9.50 Å². The highest BCUT2D eigenvalue weighted by atomic mass is 19.1. The highest BCUT2D eigenvalue weighted by molar-refractivity contribution is 5.49.